The van der Waals surface area contributed by atoms with Gasteiger partial charge in [0.25, 0.3) is 0 Å². The number of rotatable bonds is 3. The van der Waals surface area contributed by atoms with Crippen molar-refractivity contribution in [2.45, 2.75) is 31.7 Å². The largest absolute Gasteiger partial charge is 0.357 e. The topological polar surface area (TPSA) is 62.7 Å². The van der Waals surface area contributed by atoms with Crippen molar-refractivity contribution in [3.05, 3.63) is 5.28 Å². The summed E-state index contributed by atoms with van der Waals surface area (Å²) >= 11 is 5.78. The van der Waals surface area contributed by atoms with E-state index in [1.807, 2.05) is 0 Å². The molecule has 0 saturated heterocycles. The van der Waals surface area contributed by atoms with Gasteiger partial charge in [-0.1, -0.05) is 0 Å². The molecule has 15 heavy (non-hydrogen) atoms. The highest BCUT2D eigenvalue weighted by Gasteiger charge is 2.32. The van der Waals surface area contributed by atoms with Gasteiger partial charge in [-0.25, -0.2) is 0 Å². The van der Waals surface area contributed by atoms with E-state index in [1.54, 1.807) is 7.05 Å². The quantitative estimate of drug-likeness (QED) is 0.826. The van der Waals surface area contributed by atoms with Crippen molar-refractivity contribution >= 4 is 23.5 Å². The molecule has 2 rings (SSSR count). The van der Waals surface area contributed by atoms with Crippen molar-refractivity contribution < 1.29 is 0 Å². The van der Waals surface area contributed by atoms with Gasteiger partial charge in [0.1, 0.15) is 0 Å². The fraction of sp³-hybridized carbons (Fsp3) is 0.667. The van der Waals surface area contributed by atoms with Gasteiger partial charge in [-0.2, -0.15) is 15.0 Å². The maximum absolute atomic E-state index is 5.78. The fourth-order valence-electron chi connectivity index (χ4n) is 1.62. The fourth-order valence-corrected chi connectivity index (χ4v) is 1.78. The first kappa shape index (κ1) is 10.4. The number of anilines is 2. The Morgan fingerprint density at radius 2 is 1.87 bits per heavy atom. The van der Waals surface area contributed by atoms with Crippen LogP contribution in [-0.2, 0) is 0 Å². The Balaban J connectivity index is 2.16. The lowest BCUT2D eigenvalue weighted by molar-refractivity contribution is 0.304. The second-order valence-corrected chi connectivity index (χ2v) is 4.38. The van der Waals surface area contributed by atoms with Crippen molar-refractivity contribution in [1.29, 1.82) is 0 Å². The highest BCUT2D eigenvalue weighted by Crippen LogP contribution is 2.33. The molecule has 0 radical (unpaired) electrons. The summed E-state index contributed by atoms with van der Waals surface area (Å²) in [5.74, 6) is 1.03. The van der Waals surface area contributed by atoms with E-state index in [1.165, 1.54) is 6.42 Å². The van der Waals surface area contributed by atoms with Crippen LogP contribution < -0.4 is 10.6 Å². The third kappa shape index (κ3) is 2.28. The van der Waals surface area contributed by atoms with Gasteiger partial charge in [0, 0.05) is 12.6 Å². The smallest absolute Gasteiger partial charge is 0.229 e. The summed E-state index contributed by atoms with van der Waals surface area (Å²) in [4.78, 5) is 12.1. The SMILES string of the molecule is CNc1nc(Cl)nc(NC2(C)CCC2)n1. The summed E-state index contributed by atoms with van der Waals surface area (Å²) in [6.45, 7) is 2.16. The minimum absolute atomic E-state index is 0.121. The highest BCUT2D eigenvalue weighted by atomic mass is 35.5. The summed E-state index contributed by atoms with van der Waals surface area (Å²) in [6.07, 6.45) is 3.54. The molecule has 6 heteroatoms. The van der Waals surface area contributed by atoms with Gasteiger partial charge in [0.2, 0.25) is 17.2 Å². The van der Waals surface area contributed by atoms with Crippen LogP contribution in [-0.4, -0.2) is 27.5 Å². The Kier molecular flexibility index (Phi) is 2.65. The standard InChI is InChI=1S/C9H14ClN5/c1-9(4-3-5-9)15-8-13-6(10)12-7(11-2)14-8/h3-5H2,1-2H3,(H2,11,12,13,14,15). The third-order valence-electron chi connectivity index (χ3n) is 2.70. The molecule has 1 aliphatic carbocycles. The van der Waals surface area contributed by atoms with Gasteiger partial charge in [0.05, 0.1) is 0 Å². The molecule has 0 aromatic carbocycles. The minimum Gasteiger partial charge on any atom is -0.357 e. The van der Waals surface area contributed by atoms with Crippen molar-refractivity contribution in [2.75, 3.05) is 17.7 Å². The number of aromatic nitrogens is 3. The second-order valence-electron chi connectivity index (χ2n) is 4.04. The van der Waals surface area contributed by atoms with Crippen LogP contribution in [0.1, 0.15) is 26.2 Å². The summed E-state index contributed by atoms with van der Waals surface area (Å²) in [5.41, 5.74) is 0.121. The molecule has 0 spiro atoms. The average molecular weight is 228 g/mol. The molecule has 5 nitrogen and oxygen atoms in total. The molecule has 0 atom stereocenters. The third-order valence-corrected chi connectivity index (χ3v) is 2.87. The second kappa shape index (κ2) is 3.81. The van der Waals surface area contributed by atoms with E-state index in [0.29, 0.717) is 11.9 Å². The Morgan fingerprint density at radius 1 is 1.20 bits per heavy atom. The van der Waals surface area contributed by atoms with Crippen LogP contribution >= 0.6 is 11.6 Å². The molecule has 1 saturated carbocycles. The van der Waals surface area contributed by atoms with Crippen LogP contribution in [0.3, 0.4) is 0 Å². The summed E-state index contributed by atoms with van der Waals surface area (Å²) in [5, 5.41) is 6.34. The van der Waals surface area contributed by atoms with E-state index in [2.05, 4.69) is 32.5 Å². The van der Waals surface area contributed by atoms with Crippen LogP contribution in [0.5, 0.6) is 0 Å². The maximum atomic E-state index is 5.78. The van der Waals surface area contributed by atoms with Crippen LogP contribution in [0, 0.1) is 0 Å². The Morgan fingerprint density at radius 3 is 2.40 bits per heavy atom. The first-order chi connectivity index (χ1) is 7.11. The number of nitrogens with zero attached hydrogens (tertiary/aromatic N) is 3. The monoisotopic (exact) mass is 227 g/mol. The number of hydrogen-bond acceptors (Lipinski definition) is 5. The zero-order chi connectivity index (χ0) is 10.9. The molecule has 1 aliphatic rings. The predicted molar refractivity (Wildman–Crippen MR) is 60.3 cm³/mol. The highest BCUT2D eigenvalue weighted by molar-refractivity contribution is 6.28. The van der Waals surface area contributed by atoms with Crippen LogP contribution in [0.25, 0.3) is 0 Å². The molecule has 82 valence electrons. The van der Waals surface area contributed by atoms with Crippen molar-refractivity contribution in [3.63, 3.8) is 0 Å². The Bertz CT molecular complexity index is 364. The van der Waals surface area contributed by atoms with Gasteiger partial charge in [-0.05, 0) is 37.8 Å². The Labute approximate surface area is 93.7 Å². The zero-order valence-electron chi connectivity index (χ0n) is 8.84. The van der Waals surface area contributed by atoms with Crippen molar-refractivity contribution in [2.24, 2.45) is 0 Å². The van der Waals surface area contributed by atoms with Crippen LogP contribution in [0.4, 0.5) is 11.9 Å². The molecular formula is C9H14ClN5. The van der Waals surface area contributed by atoms with Gasteiger partial charge in [0.15, 0.2) is 0 Å². The lowest BCUT2D eigenvalue weighted by Crippen LogP contribution is -2.42. The molecule has 1 aromatic heterocycles. The predicted octanol–water partition coefficient (Wildman–Crippen LogP) is 1.92. The van der Waals surface area contributed by atoms with Gasteiger partial charge < -0.3 is 10.6 Å². The van der Waals surface area contributed by atoms with E-state index in [-0.39, 0.29) is 10.8 Å². The molecule has 0 unspecified atom stereocenters. The maximum Gasteiger partial charge on any atom is 0.229 e. The molecule has 1 fully saturated rings. The summed E-state index contributed by atoms with van der Waals surface area (Å²) < 4.78 is 0. The normalized spacial score (nSPS) is 18.1. The van der Waals surface area contributed by atoms with E-state index >= 15 is 0 Å². The van der Waals surface area contributed by atoms with Crippen LogP contribution in [0.15, 0.2) is 0 Å². The number of halogens is 1. The molecule has 1 heterocycles. The molecule has 0 bridgehead atoms. The molecule has 0 amide bonds. The zero-order valence-corrected chi connectivity index (χ0v) is 9.60. The first-order valence-corrected chi connectivity index (χ1v) is 5.37. The number of nitrogens with one attached hydrogen (secondary N) is 2. The Hall–Kier alpha value is -1.10. The summed E-state index contributed by atoms with van der Waals surface area (Å²) in [7, 11) is 1.75. The molecule has 1 aromatic rings. The lowest BCUT2D eigenvalue weighted by atomic mass is 9.79. The molecule has 0 aliphatic heterocycles. The van der Waals surface area contributed by atoms with Gasteiger partial charge in [-0.15, -0.1) is 0 Å². The van der Waals surface area contributed by atoms with E-state index in [9.17, 15) is 0 Å². The van der Waals surface area contributed by atoms with Crippen molar-refractivity contribution in [1.82, 2.24) is 15.0 Å². The summed E-state index contributed by atoms with van der Waals surface area (Å²) in [6, 6.07) is 0. The van der Waals surface area contributed by atoms with Crippen LogP contribution in [0.2, 0.25) is 5.28 Å². The lowest BCUT2D eigenvalue weighted by Gasteiger charge is -2.39. The van der Waals surface area contributed by atoms with Gasteiger partial charge in [-0.3, -0.25) is 0 Å². The molecule has 2 N–H and O–H groups in total. The van der Waals surface area contributed by atoms with Crippen molar-refractivity contribution in [3.8, 4) is 0 Å². The van der Waals surface area contributed by atoms with Gasteiger partial charge >= 0.3 is 0 Å². The van der Waals surface area contributed by atoms with E-state index in [4.69, 9.17) is 11.6 Å². The number of hydrogen-bond donors (Lipinski definition) is 2. The first-order valence-electron chi connectivity index (χ1n) is 4.99. The average Bonchev–Trinajstić information content (AvgIpc) is 2.14. The van der Waals surface area contributed by atoms with E-state index < -0.39 is 0 Å². The molecular weight excluding hydrogens is 214 g/mol. The van der Waals surface area contributed by atoms with E-state index in [0.717, 1.165) is 12.8 Å². The minimum atomic E-state index is 0.121.